The molecule has 2 nitrogen and oxygen atoms in total. The summed E-state index contributed by atoms with van der Waals surface area (Å²) in [6, 6.07) is 12.9. The fourth-order valence-electron chi connectivity index (χ4n) is 2.47. The Morgan fingerprint density at radius 2 is 1.81 bits per heavy atom. The number of nitrogens with one attached hydrogen (secondary N) is 1. The zero-order valence-corrected chi connectivity index (χ0v) is 12.8. The molecule has 0 bridgehead atoms. The molecule has 3 heteroatoms. The Hall–Kier alpha value is -1.87. The normalized spacial score (nSPS) is 12.2. The first-order chi connectivity index (χ1) is 10.2. The summed E-state index contributed by atoms with van der Waals surface area (Å²) in [7, 11) is 0. The Bertz CT molecular complexity index is 580. The van der Waals surface area contributed by atoms with Crippen LogP contribution in [0.3, 0.4) is 0 Å². The third-order valence-corrected chi connectivity index (χ3v) is 3.47. The van der Waals surface area contributed by atoms with Crippen molar-refractivity contribution in [2.24, 2.45) is 0 Å². The minimum Gasteiger partial charge on any atom is -0.494 e. The standard InChI is InChI=1S/C18H22FNO/c1-4-20-13(3)17-11-8-15(19)12-18(17)14-6-9-16(10-7-14)21-5-2/h6-13,20H,4-5H2,1-3H3. The summed E-state index contributed by atoms with van der Waals surface area (Å²) in [6.45, 7) is 7.63. The number of benzene rings is 2. The van der Waals surface area contributed by atoms with Crippen LogP contribution in [0.4, 0.5) is 4.39 Å². The van der Waals surface area contributed by atoms with Crippen molar-refractivity contribution < 1.29 is 9.13 Å². The van der Waals surface area contributed by atoms with Gasteiger partial charge in [0, 0.05) is 6.04 Å². The van der Waals surface area contributed by atoms with Crippen molar-refractivity contribution in [3.05, 3.63) is 53.8 Å². The zero-order valence-electron chi connectivity index (χ0n) is 12.8. The van der Waals surface area contributed by atoms with Crippen LogP contribution in [0.1, 0.15) is 32.4 Å². The molecule has 0 radical (unpaired) electrons. The number of hydrogen-bond donors (Lipinski definition) is 1. The Labute approximate surface area is 126 Å². The molecular weight excluding hydrogens is 265 g/mol. The molecule has 0 saturated heterocycles. The lowest BCUT2D eigenvalue weighted by molar-refractivity contribution is 0.340. The Kier molecular flexibility index (Phi) is 5.34. The van der Waals surface area contributed by atoms with Crippen molar-refractivity contribution >= 4 is 0 Å². The summed E-state index contributed by atoms with van der Waals surface area (Å²) in [6.07, 6.45) is 0. The molecular formula is C18H22FNO. The highest BCUT2D eigenvalue weighted by Gasteiger charge is 2.12. The highest BCUT2D eigenvalue weighted by atomic mass is 19.1. The van der Waals surface area contributed by atoms with E-state index in [2.05, 4.69) is 19.2 Å². The first-order valence-corrected chi connectivity index (χ1v) is 7.41. The van der Waals surface area contributed by atoms with E-state index >= 15 is 0 Å². The lowest BCUT2D eigenvalue weighted by Gasteiger charge is -2.18. The lowest BCUT2D eigenvalue weighted by atomic mass is 9.95. The first-order valence-electron chi connectivity index (χ1n) is 7.41. The number of halogens is 1. The SMILES string of the molecule is CCNC(C)c1ccc(F)cc1-c1ccc(OCC)cc1. The van der Waals surface area contributed by atoms with E-state index in [0.717, 1.165) is 29.0 Å². The van der Waals surface area contributed by atoms with Gasteiger partial charge in [-0.25, -0.2) is 4.39 Å². The Morgan fingerprint density at radius 1 is 1.10 bits per heavy atom. The van der Waals surface area contributed by atoms with Gasteiger partial charge in [0.05, 0.1) is 6.61 Å². The fraction of sp³-hybridized carbons (Fsp3) is 0.333. The lowest BCUT2D eigenvalue weighted by Crippen LogP contribution is -2.18. The smallest absolute Gasteiger partial charge is 0.123 e. The van der Waals surface area contributed by atoms with E-state index in [-0.39, 0.29) is 11.9 Å². The third-order valence-electron chi connectivity index (χ3n) is 3.47. The van der Waals surface area contributed by atoms with Crippen LogP contribution >= 0.6 is 0 Å². The average molecular weight is 287 g/mol. The summed E-state index contributed by atoms with van der Waals surface area (Å²) in [5.41, 5.74) is 3.02. The molecule has 2 aromatic rings. The van der Waals surface area contributed by atoms with Crippen LogP contribution in [0.25, 0.3) is 11.1 Å². The fourth-order valence-corrected chi connectivity index (χ4v) is 2.47. The van der Waals surface area contributed by atoms with Gasteiger partial charge in [-0.1, -0.05) is 25.1 Å². The molecule has 0 saturated carbocycles. The van der Waals surface area contributed by atoms with Gasteiger partial charge >= 0.3 is 0 Å². The van der Waals surface area contributed by atoms with Crippen molar-refractivity contribution in [1.82, 2.24) is 5.32 Å². The summed E-state index contributed by atoms with van der Waals surface area (Å²) in [5, 5.41) is 3.38. The molecule has 2 rings (SSSR count). The second-order valence-electron chi connectivity index (χ2n) is 4.97. The van der Waals surface area contributed by atoms with Crippen LogP contribution in [0, 0.1) is 5.82 Å². The molecule has 0 aliphatic rings. The van der Waals surface area contributed by atoms with Crippen LogP contribution in [-0.4, -0.2) is 13.2 Å². The van der Waals surface area contributed by atoms with Crippen LogP contribution in [-0.2, 0) is 0 Å². The summed E-state index contributed by atoms with van der Waals surface area (Å²) in [4.78, 5) is 0. The highest BCUT2D eigenvalue weighted by molar-refractivity contribution is 5.68. The maximum absolute atomic E-state index is 13.6. The van der Waals surface area contributed by atoms with Gasteiger partial charge in [0.25, 0.3) is 0 Å². The van der Waals surface area contributed by atoms with Gasteiger partial charge in [0.2, 0.25) is 0 Å². The van der Waals surface area contributed by atoms with Gasteiger partial charge in [0.1, 0.15) is 11.6 Å². The maximum atomic E-state index is 13.6. The molecule has 21 heavy (non-hydrogen) atoms. The van der Waals surface area contributed by atoms with E-state index in [1.165, 1.54) is 6.07 Å². The Balaban J connectivity index is 2.39. The second kappa shape index (κ2) is 7.23. The number of hydrogen-bond acceptors (Lipinski definition) is 2. The van der Waals surface area contributed by atoms with Gasteiger partial charge in [-0.2, -0.15) is 0 Å². The number of rotatable bonds is 6. The van der Waals surface area contributed by atoms with Crippen LogP contribution in [0.2, 0.25) is 0 Å². The second-order valence-corrected chi connectivity index (χ2v) is 4.97. The van der Waals surface area contributed by atoms with Crippen molar-refractivity contribution in [3.63, 3.8) is 0 Å². The van der Waals surface area contributed by atoms with Crippen LogP contribution in [0.5, 0.6) is 5.75 Å². The van der Waals surface area contributed by atoms with E-state index < -0.39 is 0 Å². The van der Waals surface area contributed by atoms with Crippen LogP contribution < -0.4 is 10.1 Å². The van der Waals surface area contributed by atoms with Crippen molar-refractivity contribution in [2.45, 2.75) is 26.8 Å². The predicted molar refractivity (Wildman–Crippen MR) is 85.1 cm³/mol. The van der Waals surface area contributed by atoms with Gasteiger partial charge in [0.15, 0.2) is 0 Å². The molecule has 0 heterocycles. The van der Waals surface area contributed by atoms with E-state index in [4.69, 9.17) is 4.74 Å². The number of ether oxygens (including phenoxy) is 1. The zero-order chi connectivity index (χ0) is 15.2. The van der Waals surface area contributed by atoms with E-state index in [9.17, 15) is 4.39 Å². The van der Waals surface area contributed by atoms with E-state index in [1.54, 1.807) is 6.07 Å². The van der Waals surface area contributed by atoms with Gasteiger partial charge < -0.3 is 10.1 Å². The molecule has 2 aromatic carbocycles. The predicted octanol–water partition coefficient (Wildman–Crippen LogP) is 4.56. The first kappa shape index (κ1) is 15.5. The van der Waals surface area contributed by atoms with Crippen molar-refractivity contribution in [2.75, 3.05) is 13.2 Å². The van der Waals surface area contributed by atoms with Gasteiger partial charge in [-0.3, -0.25) is 0 Å². The van der Waals surface area contributed by atoms with E-state index in [0.29, 0.717) is 6.61 Å². The molecule has 0 aromatic heterocycles. The molecule has 112 valence electrons. The molecule has 0 fully saturated rings. The van der Waals surface area contributed by atoms with Crippen LogP contribution in [0.15, 0.2) is 42.5 Å². The Morgan fingerprint density at radius 3 is 2.43 bits per heavy atom. The third kappa shape index (κ3) is 3.82. The molecule has 0 spiro atoms. The minimum absolute atomic E-state index is 0.178. The molecule has 1 atom stereocenters. The molecule has 0 aliphatic heterocycles. The largest absolute Gasteiger partial charge is 0.494 e. The quantitative estimate of drug-likeness (QED) is 0.840. The van der Waals surface area contributed by atoms with Crippen molar-refractivity contribution in [1.29, 1.82) is 0 Å². The van der Waals surface area contributed by atoms with Gasteiger partial charge in [-0.15, -0.1) is 0 Å². The average Bonchev–Trinajstić information content (AvgIpc) is 2.48. The van der Waals surface area contributed by atoms with Crippen molar-refractivity contribution in [3.8, 4) is 16.9 Å². The van der Waals surface area contributed by atoms with E-state index in [1.807, 2.05) is 37.3 Å². The molecule has 0 aliphatic carbocycles. The molecule has 0 amide bonds. The topological polar surface area (TPSA) is 21.3 Å². The molecule has 1 unspecified atom stereocenters. The highest BCUT2D eigenvalue weighted by Crippen LogP contribution is 2.30. The minimum atomic E-state index is -0.216. The summed E-state index contributed by atoms with van der Waals surface area (Å²) in [5.74, 6) is 0.616. The van der Waals surface area contributed by atoms with Gasteiger partial charge in [-0.05, 0) is 61.3 Å². The monoisotopic (exact) mass is 287 g/mol. The maximum Gasteiger partial charge on any atom is 0.123 e. The molecule has 1 N–H and O–H groups in total. The summed E-state index contributed by atoms with van der Waals surface area (Å²) >= 11 is 0. The summed E-state index contributed by atoms with van der Waals surface area (Å²) < 4.78 is 19.1.